The molecule has 2 N–H and O–H groups in total. The van der Waals surface area contributed by atoms with Crippen LogP contribution in [0.1, 0.15) is 23.9 Å². The lowest BCUT2D eigenvalue weighted by molar-refractivity contribution is -0.114. The Balaban J connectivity index is 1.93. The molecular weight excluding hydrogens is 425 g/mol. The van der Waals surface area contributed by atoms with Crippen molar-refractivity contribution < 1.29 is 26.9 Å². The fourth-order valence-electron chi connectivity index (χ4n) is 2.74. The van der Waals surface area contributed by atoms with Crippen LogP contribution >= 0.6 is 0 Å². The van der Waals surface area contributed by atoms with Gasteiger partial charge in [-0.2, -0.15) is 0 Å². The van der Waals surface area contributed by atoms with Gasteiger partial charge in [0.05, 0.1) is 7.11 Å². The number of aryl methyl sites for hydroxylation is 1. The minimum absolute atomic E-state index is 0.0997. The van der Waals surface area contributed by atoms with Crippen LogP contribution in [0.2, 0.25) is 0 Å². The number of sulfonamides is 1. The Kier molecular flexibility index (Phi) is 6.40. The highest BCUT2D eigenvalue weighted by Crippen LogP contribution is 2.29. The Morgan fingerprint density at radius 3 is 2.52 bits per heavy atom. The van der Waals surface area contributed by atoms with Gasteiger partial charge >= 0.3 is 0 Å². The summed E-state index contributed by atoms with van der Waals surface area (Å²) in [7, 11) is -2.66. The van der Waals surface area contributed by atoms with Gasteiger partial charge in [0, 0.05) is 12.6 Å². The molecule has 0 bridgehead atoms. The lowest BCUT2D eigenvalue weighted by Gasteiger charge is -2.12. The number of methoxy groups -OCH3 is 1. The van der Waals surface area contributed by atoms with Crippen LogP contribution in [0, 0.1) is 12.7 Å². The molecule has 1 heterocycles. The first-order chi connectivity index (χ1) is 14.7. The normalized spacial score (nSPS) is 11.5. The molecule has 0 fully saturated rings. The molecule has 8 nitrogen and oxygen atoms in total. The summed E-state index contributed by atoms with van der Waals surface area (Å²) in [6.45, 7) is 3.06. The summed E-state index contributed by atoms with van der Waals surface area (Å²) < 4.78 is 51.7. The standard InChI is InChI=1S/C21H20FN3O5S/c1-13-21(23-14(2)26)19(30-24-13)11-5-15-4-10-18(29-3)20(12-15)31(27,28)25-17-8-6-16(22)7-9-17/h4-12,25H,1-3H3,(H,23,26). The van der Waals surface area contributed by atoms with Crippen LogP contribution < -0.4 is 14.8 Å². The van der Waals surface area contributed by atoms with Crippen molar-refractivity contribution in [3.05, 3.63) is 65.3 Å². The molecule has 0 atom stereocenters. The SMILES string of the molecule is COc1ccc(C=Cc2onc(C)c2NC(C)=O)cc1S(=O)(=O)Nc1ccc(F)cc1. The van der Waals surface area contributed by atoms with E-state index in [1.54, 1.807) is 25.1 Å². The molecule has 3 aromatic rings. The van der Waals surface area contributed by atoms with Gasteiger partial charge in [-0.05, 0) is 55.0 Å². The van der Waals surface area contributed by atoms with Crippen molar-refractivity contribution >= 4 is 39.5 Å². The number of aromatic nitrogens is 1. The van der Waals surface area contributed by atoms with Crippen molar-refractivity contribution in [3.8, 4) is 5.75 Å². The van der Waals surface area contributed by atoms with Crippen LogP contribution in [-0.4, -0.2) is 26.6 Å². The Morgan fingerprint density at radius 1 is 1.16 bits per heavy atom. The molecule has 1 aromatic heterocycles. The Labute approximate surface area is 178 Å². The number of benzene rings is 2. The molecular formula is C21H20FN3O5S. The summed E-state index contributed by atoms with van der Waals surface area (Å²) in [6.07, 6.45) is 3.18. The molecule has 0 saturated carbocycles. The minimum atomic E-state index is -4.02. The molecule has 1 amide bonds. The van der Waals surface area contributed by atoms with E-state index in [1.807, 2.05) is 0 Å². The number of hydrogen-bond donors (Lipinski definition) is 2. The Morgan fingerprint density at radius 2 is 1.87 bits per heavy atom. The van der Waals surface area contributed by atoms with Gasteiger partial charge in [0.1, 0.15) is 27.8 Å². The lowest BCUT2D eigenvalue weighted by atomic mass is 10.2. The zero-order valence-corrected chi connectivity index (χ0v) is 17.8. The first-order valence-electron chi connectivity index (χ1n) is 9.08. The third-order valence-electron chi connectivity index (χ3n) is 4.19. The third kappa shape index (κ3) is 5.28. The molecule has 10 heteroatoms. The van der Waals surface area contributed by atoms with Crippen LogP contribution in [0.15, 0.2) is 51.9 Å². The summed E-state index contributed by atoms with van der Waals surface area (Å²) in [5.41, 5.74) is 1.68. The maximum Gasteiger partial charge on any atom is 0.265 e. The quantitative estimate of drug-likeness (QED) is 0.567. The smallest absolute Gasteiger partial charge is 0.265 e. The molecule has 0 aliphatic heterocycles. The van der Waals surface area contributed by atoms with Gasteiger partial charge in [-0.25, -0.2) is 12.8 Å². The topological polar surface area (TPSA) is 111 Å². The number of halogens is 1. The first kappa shape index (κ1) is 22.0. The number of nitrogens with zero attached hydrogens (tertiary/aromatic N) is 1. The summed E-state index contributed by atoms with van der Waals surface area (Å²) in [4.78, 5) is 11.3. The fraction of sp³-hybridized carbons (Fsp3) is 0.143. The summed E-state index contributed by atoms with van der Waals surface area (Å²) in [6, 6.07) is 9.54. The van der Waals surface area contributed by atoms with E-state index in [0.717, 1.165) is 12.1 Å². The maximum atomic E-state index is 13.1. The van der Waals surface area contributed by atoms with E-state index in [2.05, 4.69) is 15.2 Å². The minimum Gasteiger partial charge on any atom is -0.495 e. The first-order valence-corrected chi connectivity index (χ1v) is 10.6. The second-order valence-corrected chi connectivity index (χ2v) is 8.20. The Hall–Kier alpha value is -3.66. The number of amides is 1. The van der Waals surface area contributed by atoms with E-state index in [4.69, 9.17) is 9.26 Å². The molecule has 0 aliphatic rings. The van der Waals surface area contributed by atoms with E-state index in [0.29, 0.717) is 22.7 Å². The lowest BCUT2D eigenvalue weighted by Crippen LogP contribution is -2.14. The maximum absolute atomic E-state index is 13.1. The van der Waals surface area contributed by atoms with Gasteiger partial charge in [0.15, 0.2) is 5.76 Å². The van der Waals surface area contributed by atoms with Crippen LogP contribution in [0.4, 0.5) is 15.8 Å². The van der Waals surface area contributed by atoms with E-state index < -0.39 is 15.8 Å². The van der Waals surface area contributed by atoms with Gasteiger partial charge in [-0.3, -0.25) is 9.52 Å². The largest absolute Gasteiger partial charge is 0.495 e. The molecule has 0 unspecified atom stereocenters. The molecule has 0 spiro atoms. The van der Waals surface area contributed by atoms with E-state index in [9.17, 15) is 17.6 Å². The van der Waals surface area contributed by atoms with Crippen molar-refractivity contribution in [1.82, 2.24) is 5.16 Å². The monoisotopic (exact) mass is 445 g/mol. The Bertz CT molecular complexity index is 1230. The van der Waals surface area contributed by atoms with Gasteiger partial charge < -0.3 is 14.6 Å². The zero-order valence-electron chi connectivity index (χ0n) is 17.0. The number of rotatable bonds is 7. The van der Waals surface area contributed by atoms with Gasteiger partial charge in [0.25, 0.3) is 10.0 Å². The highest BCUT2D eigenvalue weighted by Gasteiger charge is 2.20. The molecule has 162 valence electrons. The van der Waals surface area contributed by atoms with Gasteiger partial charge in [-0.15, -0.1) is 0 Å². The third-order valence-corrected chi connectivity index (χ3v) is 5.59. The van der Waals surface area contributed by atoms with Crippen molar-refractivity contribution in [2.75, 3.05) is 17.1 Å². The van der Waals surface area contributed by atoms with Crippen LogP contribution in [0.25, 0.3) is 12.2 Å². The van der Waals surface area contributed by atoms with Crippen molar-refractivity contribution in [3.63, 3.8) is 0 Å². The summed E-state index contributed by atoms with van der Waals surface area (Å²) >= 11 is 0. The highest BCUT2D eigenvalue weighted by molar-refractivity contribution is 7.92. The van der Waals surface area contributed by atoms with Crippen molar-refractivity contribution in [1.29, 1.82) is 0 Å². The molecule has 0 saturated heterocycles. The van der Waals surface area contributed by atoms with E-state index >= 15 is 0 Å². The zero-order chi connectivity index (χ0) is 22.6. The predicted molar refractivity (Wildman–Crippen MR) is 115 cm³/mol. The number of hydrogen-bond acceptors (Lipinski definition) is 6. The fourth-order valence-corrected chi connectivity index (χ4v) is 4.00. The average Bonchev–Trinajstić information content (AvgIpc) is 3.06. The predicted octanol–water partition coefficient (Wildman–Crippen LogP) is 4.06. The highest BCUT2D eigenvalue weighted by atomic mass is 32.2. The second kappa shape index (κ2) is 9.00. The van der Waals surface area contributed by atoms with Crippen molar-refractivity contribution in [2.45, 2.75) is 18.7 Å². The molecule has 31 heavy (non-hydrogen) atoms. The van der Waals surface area contributed by atoms with E-state index in [1.165, 1.54) is 38.3 Å². The summed E-state index contributed by atoms with van der Waals surface area (Å²) in [5.74, 6) is -0.293. The number of carbonyl (C=O) groups excluding carboxylic acids is 1. The average molecular weight is 445 g/mol. The molecule has 0 radical (unpaired) electrons. The number of nitrogens with one attached hydrogen (secondary N) is 2. The second-order valence-electron chi connectivity index (χ2n) is 6.54. The van der Waals surface area contributed by atoms with Gasteiger partial charge in [0.2, 0.25) is 5.91 Å². The van der Waals surface area contributed by atoms with Crippen LogP contribution in [-0.2, 0) is 14.8 Å². The number of anilines is 2. The van der Waals surface area contributed by atoms with Gasteiger partial charge in [-0.1, -0.05) is 17.3 Å². The van der Waals surface area contributed by atoms with Crippen LogP contribution in [0.3, 0.4) is 0 Å². The number of ether oxygens (including phenoxy) is 1. The summed E-state index contributed by atoms with van der Waals surface area (Å²) in [5, 5.41) is 6.47. The van der Waals surface area contributed by atoms with E-state index in [-0.39, 0.29) is 22.2 Å². The van der Waals surface area contributed by atoms with Crippen LogP contribution in [0.5, 0.6) is 5.75 Å². The molecule has 2 aromatic carbocycles. The van der Waals surface area contributed by atoms with Crippen molar-refractivity contribution in [2.24, 2.45) is 0 Å². The number of carbonyl (C=O) groups is 1. The molecule has 0 aliphatic carbocycles. The molecule has 3 rings (SSSR count).